The molecule has 2 unspecified atom stereocenters. The second kappa shape index (κ2) is 4.17. The van der Waals surface area contributed by atoms with Crippen molar-refractivity contribution in [3.05, 3.63) is 11.9 Å². The smallest absolute Gasteiger partial charge is 0.137 e. The lowest BCUT2D eigenvalue weighted by Crippen LogP contribution is -2.23. The Morgan fingerprint density at radius 1 is 1.24 bits per heavy atom. The van der Waals surface area contributed by atoms with Crippen LogP contribution in [0.25, 0.3) is 0 Å². The van der Waals surface area contributed by atoms with E-state index in [1.807, 2.05) is 7.05 Å². The predicted molar refractivity (Wildman–Crippen MR) is 69.4 cm³/mol. The van der Waals surface area contributed by atoms with Crippen molar-refractivity contribution in [2.75, 3.05) is 30.4 Å². The third kappa shape index (κ3) is 1.75. The normalized spacial score (nSPS) is 27.3. The van der Waals surface area contributed by atoms with E-state index in [-0.39, 0.29) is 0 Å². The topological polar surface area (TPSA) is 41.1 Å². The van der Waals surface area contributed by atoms with E-state index in [0.29, 0.717) is 0 Å². The summed E-state index contributed by atoms with van der Waals surface area (Å²) in [5.74, 6) is 3.88. The van der Waals surface area contributed by atoms with E-state index in [0.717, 1.165) is 23.5 Å². The zero-order chi connectivity index (χ0) is 11.8. The molecule has 1 saturated heterocycles. The first-order valence-electron chi connectivity index (χ1n) is 6.54. The van der Waals surface area contributed by atoms with Crippen LogP contribution in [-0.4, -0.2) is 30.1 Å². The SMILES string of the molecule is CNc1ncnc(N2CC3CCCC3C2)c1C. The first-order chi connectivity index (χ1) is 8.29. The molecule has 2 heterocycles. The number of fused-ring (bicyclic) bond motifs is 1. The maximum absolute atomic E-state index is 4.47. The van der Waals surface area contributed by atoms with E-state index in [1.165, 1.54) is 37.9 Å². The number of nitrogens with zero attached hydrogens (tertiary/aromatic N) is 3. The van der Waals surface area contributed by atoms with E-state index in [9.17, 15) is 0 Å². The van der Waals surface area contributed by atoms with Gasteiger partial charge in [-0.25, -0.2) is 9.97 Å². The second-order valence-corrected chi connectivity index (χ2v) is 5.28. The average Bonchev–Trinajstić information content (AvgIpc) is 2.89. The summed E-state index contributed by atoms with van der Waals surface area (Å²) in [6.45, 7) is 4.48. The van der Waals surface area contributed by atoms with Crippen LogP contribution in [0.3, 0.4) is 0 Å². The Kier molecular flexibility index (Phi) is 2.65. The molecule has 2 aliphatic rings. The molecular weight excluding hydrogens is 212 g/mol. The van der Waals surface area contributed by atoms with Gasteiger partial charge < -0.3 is 10.2 Å². The molecule has 1 aliphatic carbocycles. The van der Waals surface area contributed by atoms with E-state index < -0.39 is 0 Å². The molecule has 1 N–H and O–H groups in total. The first-order valence-corrected chi connectivity index (χ1v) is 6.54. The largest absolute Gasteiger partial charge is 0.373 e. The zero-order valence-electron chi connectivity index (χ0n) is 10.6. The van der Waals surface area contributed by atoms with Crippen LogP contribution in [0.1, 0.15) is 24.8 Å². The first kappa shape index (κ1) is 10.8. The monoisotopic (exact) mass is 232 g/mol. The highest BCUT2D eigenvalue weighted by Crippen LogP contribution is 2.40. The molecule has 2 fully saturated rings. The molecule has 4 nitrogen and oxygen atoms in total. The Balaban J connectivity index is 1.85. The average molecular weight is 232 g/mol. The van der Waals surface area contributed by atoms with Gasteiger partial charge in [0.05, 0.1) is 0 Å². The van der Waals surface area contributed by atoms with E-state index in [2.05, 4.69) is 27.1 Å². The van der Waals surface area contributed by atoms with Gasteiger partial charge in [-0.1, -0.05) is 6.42 Å². The molecule has 0 aromatic carbocycles. The highest BCUT2D eigenvalue weighted by atomic mass is 15.2. The van der Waals surface area contributed by atoms with Crippen molar-refractivity contribution in [1.82, 2.24) is 9.97 Å². The van der Waals surface area contributed by atoms with Gasteiger partial charge in [0, 0.05) is 25.7 Å². The fourth-order valence-electron chi connectivity index (χ4n) is 3.42. The molecule has 3 rings (SSSR count). The summed E-state index contributed by atoms with van der Waals surface area (Å²) in [7, 11) is 1.91. The minimum Gasteiger partial charge on any atom is -0.373 e. The van der Waals surface area contributed by atoms with Gasteiger partial charge in [-0.3, -0.25) is 0 Å². The Bertz CT molecular complexity index is 406. The van der Waals surface area contributed by atoms with Crippen LogP contribution in [-0.2, 0) is 0 Å². The van der Waals surface area contributed by atoms with Gasteiger partial charge in [-0.05, 0) is 31.6 Å². The van der Waals surface area contributed by atoms with Crippen LogP contribution < -0.4 is 10.2 Å². The van der Waals surface area contributed by atoms with Gasteiger partial charge in [0.2, 0.25) is 0 Å². The van der Waals surface area contributed by atoms with E-state index in [4.69, 9.17) is 0 Å². The summed E-state index contributed by atoms with van der Waals surface area (Å²) < 4.78 is 0. The van der Waals surface area contributed by atoms with Crippen LogP contribution in [0.5, 0.6) is 0 Å². The van der Waals surface area contributed by atoms with Crippen molar-refractivity contribution in [3.63, 3.8) is 0 Å². The van der Waals surface area contributed by atoms with Gasteiger partial charge >= 0.3 is 0 Å². The van der Waals surface area contributed by atoms with Gasteiger partial charge in [0.1, 0.15) is 18.0 Å². The zero-order valence-corrected chi connectivity index (χ0v) is 10.6. The minimum atomic E-state index is 0.905. The predicted octanol–water partition coefficient (Wildman–Crippen LogP) is 2.06. The Hall–Kier alpha value is -1.32. The summed E-state index contributed by atoms with van der Waals surface area (Å²) in [4.78, 5) is 11.2. The summed E-state index contributed by atoms with van der Waals surface area (Å²) in [5, 5.41) is 3.13. The molecule has 92 valence electrons. The van der Waals surface area contributed by atoms with Crippen LogP contribution in [0.4, 0.5) is 11.6 Å². The Morgan fingerprint density at radius 2 is 1.94 bits per heavy atom. The highest BCUT2D eigenvalue weighted by Gasteiger charge is 2.37. The third-order valence-electron chi connectivity index (χ3n) is 4.32. The maximum Gasteiger partial charge on any atom is 0.137 e. The van der Waals surface area contributed by atoms with Crippen molar-refractivity contribution in [2.45, 2.75) is 26.2 Å². The standard InChI is InChI=1S/C13H20N4/c1-9-12(14-2)15-8-16-13(9)17-6-10-4-3-5-11(10)7-17/h8,10-11H,3-7H2,1-2H3,(H,14,15,16). The highest BCUT2D eigenvalue weighted by molar-refractivity contribution is 5.58. The van der Waals surface area contributed by atoms with Crippen LogP contribution in [0, 0.1) is 18.8 Å². The van der Waals surface area contributed by atoms with Gasteiger partial charge in [0.15, 0.2) is 0 Å². The summed E-state index contributed by atoms with van der Waals surface area (Å²) in [6.07, 6.45) is 5.91. The molecule has 4 heteroatoms. The van der Waals surface area contributed by atoms with Gasteiger partial charge in [0.25, 0.3) is 0 Å². The fourth-order valence-corrected chi connectivity index (χ4v) is 3.42. The lowest BCUT2D eigenvalue weighted by Gasteiger charge is -2.21. The lowest BCUT2D eigenvalue weighted by atomic mass is 10.0. The van der Waals surface area contributed by atoms with Crippen molar-refractivity contribution < 1.29 is 0 Å². The molecule has 0 radical (unpaired) electrons. The maximum atomic E-state index is 4.47. The van der Waals surface area contributed by atoms with Crippen LogP contribution in [0.2, 0.25) is 0 Å². The van der Waals surface area contributed by atoms with E-state index >= 15 is 0 Å². The number of nitrogens with one attached hydrogen (secondary N) is 1. The lowest BCUT2D eigenvalue weighted by molar-refractivity contribution is 0.494. The molecule has 1 aliphatic heterocycles. The van der Waals surface area contributed by atoms with Crippen LogP contribution in [0.15, 0.2) is 6.33 Å². The van der Waals surface area contributed by atoms with Crippen molar-refractivity contribution in [1.29, 1.82) is 0 Å². The molecule has 1 aromatic heterocycles. The number of anilines is 2. The molecule has 1 aromatic rings. The molecule has 1 saturated carbocycles. The molecular formula is C13H20N4. The Labute approximate surface area is 102 Å². The molecule has 0 amide bonds. The second-order valence-electron chi connectivity index (χ2n) is 5.28. The molecule has 0 bridgehead atoms. The van der Waals surface area contributed by atoms with Gasteiger partial charge in [-0.2, -0.15) is 0 Å². The van der Waals surface area contributed by atoms with Crippen molar-refractivity contribution in [3.8, 4) is 0 Å². The number of aromatic nitrogens is 2. The number of rotatable bonds is 2. The fraction of sp³-hybridized carbons (Fsp3) is 0.692. The minimum absolute atomic E-state index is 0.905. The number of hydrogen-bond donors (Lipinski definition) is 1. The molecule has 0 spiro atoms. The molecule has 2 atom stereocenters. The van der Waals surface area contributed by atoms with Gasteiger partial charge in [-0.15, -0.1) is 0 Å². The van der Waals surface area contributed by atoms with Crippen molar-refractivity contribution in [2.24, 2.45) is 11.8 Å². The summed E-state index contributed by atoms with van der Waals surface area (Å²) in [6, 6.07) is 0. The summed E-state index contributed by atoms with van der Waals surface area (Å²) >= 11 is 0. The van der Waals surface area contributed by atoms with Crippen LogP contribution >= 0.6 is 0 Å². The Morgan fingerprint density at radius 3 is 2.59 bits per heavy atom. The third-order valence-corrected chi connectivity index (χ3v) is 4.32. The summed E-state index contributed by atoms with van der Waals surface area (Å²) in [5.41, 5.74) is 1.18. The molecule has 17 heavy (non-hydrogen) atoms. The number of hydrogen-bond acceptors (Lipinski definition) is 4. The van der Waals surface area contributed by atoms with E-state index in [1.54, 1.807) is 6.33 Å². The van der Waals surface area contributed by atoms with Crippen molar-refractivity contribution >= 4 is 11.6 Å². The quantitative estimate of drug-likeness (QED) is 0.847.